The first kappa shape index (κ1) is 17.4. The minimum atomic E-state index is 0.237. The van der Waals surface area contributed by atoms with E-state index in [1.54, 1.807) is 4.68 Å². The highest BCUT2D eigenvalue weighted by Gasteiger charge is 2.11. The number of aromatic nitrogens is 2. The van der Waals surface area contributed by atoms with Crippen molar-refractivity contribution in [2.45, 2.75) is 0 Å². The molecule has 4 aromatic rings. The minimum Gasteiger partial charge on any atom is -0.368 e. The molecule has 0 amide bonds. The molecule has 3 aromatic carbocycles. The summed E-state index contributed by atoms with van der Waals surface area (Å²) in [7, 11) is 0. The fourth-order valence-electron chi connectivity index (χ4n) is 2.77. The zero-order chi connectivity index (χ0) is 19.2. The number of nitrogens with one attached hydrogen (secondary N) is 2. The quantitative estimate of drug-likeness (QED) is 0.281. The summed E-state index contributed by atoms with van der Waals surface area (Å²) < 4.78 is 1.78. The van der Waals surface area contributed by atoms with E-state index in [4.69, 9.17) is 10.8 Å². The largest absolute Gasteiger partial charge is 0.368 e. The predicted molar refractivity (Wildman–Crippen MR) is 113 cm³/mol. The maximum Gasteiger partial charge on any atom is 0.214 e. The number of nitrogens with two attached hydrogens (primary N) is 1. The lowest BCUT2D eigenvalue weighted by Gasteiger charge is -2.09. The van der Waals surface area contributed by atoms with Crippen molar-refractivity contribution >= 4 is 17.5 Å². The molecule has 0 aliphatic heterocycles. The molecule has 4 rings (SSSR count). The summed E-state index contributed by atoms with van der Waals surface area (Å²) in [5.74, 6) is 0.866. The lowest BCUT2D eigenvalue weighted by atomic mass is 10.2. The molecule has 4 N–H and O–H groups in total. The van der Waals surface area contributed by atoms with E-state index in [0.29, 0.717) is 5.82 Å². The van der Waals surface area contributed by atoms with E-state index in [9.17, 15) is 0 Å². The zero-order valence-electron chi connectivity index (χ0n) is 15.2. The van der Waals surface area contributed by atoms with Crippen LogP contribution in [0.3, 0.4) is 0 Å². The van der Waals surface area contributed by atoms with Crippen molar-refractivity contribution in [3.05, 3.63) is 97.1 Å². The molecule has 0 radical (unpaired) electrons. The van der Waals surface area contributed by atoms with Gasteiger partial charge in [-0.05, 0) is 24.3 Å². The number of hydrogen-bond donors (Lipinski definition) is 3. The maximum atomic E-state index is 6.08. The molecule has 1 heterocycles. The molecule has 0 fully saturated rings. The highest BCUT2D eigenvalue weighted by Crippen LogP contribution is 2.26. The summed E-state index contributed by atoms with van der Waals surface area (Å²) in [6.07, 6.45) is 0. The average molecular weight is 368 g/mol. The number of nitrogens with zero attached hydrogens (tertiary/aromatic N) is 3. The second-order valence-corrected chi connectivity index (χ2v) is 6.11. The molecule has 6 nitrogen and oxygen atoms in total. The van der Waals surface area contributed by atoms with Gasteiger partial charge in [-0.25, -0.2) is 4.68 Å². The van der Waals surface area contributed by atoms with Crippen LogP contribution in [0.5, 0.6) is 0 Å². The number of rotatable bonds is 5. The Labute approximate surface area is 163 Å². The smallest absolute Gasteiger partial charge is 0.214 e. The Balaban J connectivity index is 1.65. The molecule has 0 saturated heterocycles. The Morgan fingerprint density at radius 3 is 2.11 bits per heavy atom. The van der Waals surface area contributed by atoms with Crippen LogP contribution in [0.2, 0.25) is 0 Å². The van der Waals surface area contributed by atoms with Gasteiger partial charge in [-0.2, -0.15) is 10.1 Å². The van der Waals surface area contributed by atoms with Gasteiger partial charge in [0.25, 0.3) is 0 Å². The standard InChI is InChI=1S/C22H20N6/c23-22(26-25-18-12-6-2-7-13-18)24-21-16-20(17-10-4-1-5-11-17)27-28(21)19-14-8-3-9-15-19/h1-16,25H,(H3,23,24,26). The van der Waals surface area contributed by atoms with Gasteiger partial charge in [0, 0.05) is 11.6 Å². The van der Waals surface area contributed by atoms with Gasteiger partial charge in [-0.3, -0.25) is 10.9 Å². The average Bonchev–Trinajstić information content (AvgIpc) is 3.18. The summed E-state index contributed by atoms with van der Waals surface area (Å²) in [5, 5.41) is 4.73. The minimum absolute atomic E-state index is 0.237. The maximum absolute atomic E-state index is 6.08. The second-order valence-electron chi connectivity index (χ2n) is 6.11. The molecule has 0 unspecified atom stereocenters. The van der Waals surface area contributed by atoms with E-state index in [2.05, 4.69) is 15.8 Å². The number of aliphatic imine (C=N–C) groups is 1. The SMILES string of the molecule is N/C(=N\c1cc(-c2ccccc2)nn1-c1ccccc1)NNc1ccccc1. The Bertz CT molecular complexity index is 1060. The van der Waals surface area contributed by atoms with Crippen LogP contribution in [0.4, 0.5) is 11.5 Å². The number of hydrogen-bond acceptors (Lipinski definition) is 3. The molecule has 138 valence electrons. The van der Waals surface area contributed by atoms with E-state index in [1.165, 1.54) is 0 Å². The summed E-state index contributed by atoms with van der Waals surface area (Å²) in [5.41, 5.74) is 15.7. The molecule has 1 aromatic heterocycles. The molecule has 0 bridgehead atoms. The Morgan fingerprint density at radius 1 is 0.821 bits per heavy atom. The second kappa shape index (κ2) is 8.09. The van der Waals surface area contributed by atoms with Crippen molar-refractivity contribution in [2.75, 3.05) is 5.43 Å². The van der Waals surface area contributed by atoms with E-state index >= 15 is 0 Å². The van der Waals surface area contributed by atoms with Gasteiger partial charge >= 0.3 is 0 Å². The van der Waals surface area contributed by atoms with Crippen LogP contribution < -0.4 is 16.6 Å². The first-order valence-electron chi connectivity index (χ1n) is 8.92. The van der Waals surface area contributed by atoms with Gasteiger partial charge in [-0.15, -0.1) is 0 Å². The fourth-order valence-corrected chi connectivity index (χ4v) is 2.77. The lowest BCUT2D eigenvalue weighted by Crippen LogP contribution is -2.35. The van der Waals surface area contributed by atoms with Crippen molar-refractivity contribution in [2.24, 2.45) is 10.7 Å². The number of hydrazine groups is 1. The van der Waals surface area contributed by atoms with Gasteiger partial charge in [0.05, 0.1) is 17.1 Å². The number of benzene rings is 3. The highest BCUT2D eigenvalue weighted by molar-refractivity contribution is 5.82. The van der Waals surface area contributed by atoms with Gasteiger partial charge in [-0.1, -0.05) is 66.7 Å². The zero-order valence-corrected chi connectivity index (χ0v) is 15.2. The van der Waals surface area contributed by atoms with E-state index in [1.807, 2.05) is 97.1 Å². The van der Waals surface area contributed by atoms with Crippen LogP contribution in [-0.2, 0) is 0 Å². The van der Waals surface area contributed by atoms with E-state index < -0.39 is 0 Å². The van der Waals surface area contributed by atoms with Gasteiger partial charge < -0.3 is 5.73 Å². The molecular weight excluding hydrogens is 348 g/mol. The van der Waals surface area contributed by atoms with Crippen LogP contribution >= 0.6 is 0 Å². The van der Waals surface area contributed by atoms with Crippen LogP contribution in [0, 0.1) is 0 Å². The predicted octanol–water partition coefficient (Wildman–Crippen LogP) is 4.10. The third kappa shape index (κ3) is 4.02. The van der Waals surface area contributed by atoms with Crippen molar-refractivity contribution in [1.82, 2.24) is 15.2 Å². The fraction of sp³-hybridized carbons (Fsp3) is 0. The number of para-hydroxylation sites is 2. The topological polar surface area (TPSA) is 80.3 Å². The van der Waals surface area contributed by atoms with Crippen LogP contribution in [0.1, 0.15) is 0 Å². The number of anilines is 1. The third-order valence-corrected chi connectivity index (χ3v) is 4.10. The number of guanidine groups is 1. The first-order valence-corrected chi connectivity index (χ1v) is 8.92. The monoisotopic (exact) mass is 368 g/mol. The molecule has 0 aliphatic rings. The Morgan fingerprint density at radius 2 is 1.43 bits per heavy atom. The van der Waals surface area contributed by atoms with Crippen LogP contribution in [-0.4, -0.2) is 15.7 Å². The summed E-state index contributed by atoms with van der Waals surface area (Å²) in [4.78, 5) is 4.52. The van der Waals surface area contributed by atoms with Crippen molar-refractivity contribution in [3.63, 3.8) is 0 Å². The molecule has 0 saturated carbocycles. The normalized spacial score (nSPS) is 11.2. The molecule has 0 atom stereocenters. The van der Waals surface area contributed by atoms with E-state index in [0.717, 1.165) is 22.6 Å². The molecule has 0 aliphatic carbocycles. The van der Waals surface area contributed by atoms with Crippen molar-refractivity contribution < 1.29 is 0 Å². The van der Waals surface area contributed by atoms with Gasteiger partial charge in [0.2, 0.25) is 5.96 Å². The molecule has 0 spiro atoms. The summed E-state index contributed by atoms with van der Waals surface area (Å²) in [6.45, 7) is 0. The lowest BCUT2D eigenvalue weighted by molar-refractivity contribution is 0.881. The van der Waals surface area contributed by atoms with Gasteiger partial charge in [0.15, 0.2) is 5.82 Å². The summed E-state index contributed by atoms with van der Waals surface area (Å²) in [6, 6.07) is 31.4. The van der Waals surface area contributed by atoms with Crippen molar-refractivity contribution in [1.29, 1.82) is 0 Å². The Hall–Kier alpha value is -4.06. The molecule has 28 heavy (non-hydrogen) atoms. The first-order chi connectivity index (χ1) is 13.8. The van der Waals surface area contributed by atoms with Crippen LogP contribution in [0.15, 0.2) is 102 Å². The summed E-state index contributed by atoms with van der Waals surface area (Å²) >= 11 is 0. The van der Waals surface area contributed by atoms with E-state index in [-0.39, 0.29) is 5.96 Å². The Kier molecular flexibility index (Phi) is 5.02. The molecule has 6 heteroatoms. The van der Waals surface area contributed by atoms with Crippen molar-refractivity contribution in [3.8, 4) is 16.9 Å². The van der Waals surface area contributed by atoms with Crippen LogP contribution in [0.25, 0.3) is 16.9 Å². The highest BCUT2D eigenvalue weighted by atomic mass is 15.4. The van der Waals surface area contributed by atoms with Gasteiger partial charge in [0.1, 0.15) is 0 Å². The molecular formula is C22H20N6. The third-order valence-electron chi connectivity index (χ3n) is 4.10.